The maximum absolute atomic E-state index is 13.3. The molecule has 1 aromatic heterocycles. The van der Waals surface area contributed by atoms with Gasteiger partial charge in [-0.2, -0.15) is 0 Å². The van der Waals surface area contributed by atoms with Gasteiger partial charge in [0.2, 0.25) is 0 Å². The predicted octanol–water partition coefficient (Wildman–Crippen LogP) is 4.92. The number of benzene rings is 3. The van der Waals surface area contributed by atoms with Crippen molar-refractivity contribution in [2.45, 2.75) is 39.4 Å². The molecule has 0 saturated heterocycles. The van der Waals surface area contributed by atoms with E-state index in [1.165, 1.54) is 0 Å². The lowest BCUT2D eigenvalue weighted by molar-refractivity contribution is 0.0671. The molecule has 0 fully saturated rings. The molecule has 0 N–H and O–H groups in total. The van der Waals surface area contributed by atoms with E-state index in [1.807, 2.05) is 76.3 Å². The van der Waals surface area contributed by atoms with Crippen molar-refractivity contribution in [3.8, 4) is 0 Å². The third kappa shape index (κ3) is 4.25. The molecule has 5 nitrogen and oxygen atoms in total. The van der Waals surface area contributed by atoms with Crippen molar-refractivity contribution in [1.82, 2.24) is 19.9 Å². The number of nitrogens with zero attached hydrogens (tertiary/aromatic N) is 4. The van der Waals surface area contributed by atoms with E-state index < -0.39 is 0 Å². The summed E-state index contributed by atoms with van der Waals surface area (Å²) >= 11 is 0. The van der Waals surface area contributed by atoms with Crippen molar-refractivity contribution >= 4 is 16.9 Å². The van der Waals surface area contributed by atoms with E-state index in [-0.39, 0.29) is 11.9 Å². The van der Waals surface area contributed by atoms with Crippen LogP contribution in [-0.2, 0) is 13.1 Å². The lowest BCUT2D eigenvalue weighted by Gasteiger charge is -2.29. The van der Waals surface area contributed by atoms with Gasteiger partial charge in [-0.15, -0.1) is 5.10 Å². The molecule has 1 amide bonds. The molecule has 3 aromatic carbocycles. The van der Waals surface area contributed by atoms with Gasteiger partial charge in [0, 0.05) is 18.2 Å². The maximum atomic E-state index is 13.3. The van der Waals surface area contributed by atoms with Crippen LogP contribution in [0.15, 0.2) is 78.9 Å². The van der Waals surface area contributed by atoms with E-state index in [9.17, 15) is 4.79 Å². The first-order valence-corrected chi connectivity index (χ1v) is 10.4. The van der Waals surface area contributed by atoms with Gasteiger partial charge in [0.15, 0.2) is 0 Å². The summed E-state index contributed by atoms with van der Waals surface area (Å²) < 4.78 is 1.88. The lowest BCUT2D eigenvalue weighted by Crippen LogP contribution is -2.37. The van der Waals surface area contributed by atoms with Gasteiger partial charge in [0.25, 0.3) is 5.91 Å². The zero-order valence-corrected chi connectivity index (χ0v) is 17.4. The van der Waals surface area contributed by atoms with Crippen molar-refractivity contribution in [1.29, 1.82) is 0 Å². The number of amides is 1. The third-order valence-corrected chi connectivity index (χ3v) is 5.53. The van der Waals surface area contributed by atoms with E-state index in [4.69, 9.17) is 0 Å². The fourth-order valence-corrected chi connectivity index (χ4v) is 3.55. The minimum absolute atomic E-state index is 0.0611. The van der Waals surface area contributed by atoms with Gasteiger partial charge in [-0.05, 0) is 48.7 Å². The average molecular weight is 399 g/mol. The summed E-state index contributed by atoms with van der Waals surface area (Å²) in [5.41, 5.74) is 4.82. The summed E-state index contributed by atoms with van der Waals surface area (Å²) in [6.45, 7) is 5.45. The summed E-state index contributed by atoms with van der Waals surface area (Å²) in [6, 6.07) is 26.1. The summed E-state index contributed by atoms with van der Waals surface area (Å²) in [6.07, 6.45) is 0.913. The molecule has 0 bridgehead atoms. The summed E-state index contributed by atoms with van der Waals surface area (Å²) in [5, 5.41) is 8.45. The van der Waals surface area contributed by atoms with Crippen molar-refractivity contribution in [2.24, 2.45) is 0 Å². The Balaban J connectivity index is 1.52. The molecule has 30 heavy (non-hydrogen) atoms. The topological polar surface area (TPSA) is 51.0 Å². The van der Waals surface area contributed by atoms with E-state index in [0.717, 1.165) is 28.6 Å². The fourth-order valence-electron chi connectivity index (χ4n) is 3.55. The number of fused-ring (bicyclic) bond motifs is 1. The second-order valence-electron chi connectivity index (χ2n) is 7.61. The van der Waals surface area contributed by atoms with Gasteiger partial charge in [-0.25, -0.2) is 4.68 Å². The van der Waals surface area contributed by atoms with Crippen molar-refractivity contribution in [2.75, 3.05) is 0 Å². The number of para-hydroxylation sites is 1. The van der Waals surface area contributed by atoms with Gasteiger partial charge in [-0.3, -0.25) is 4.79 Å². The molecule has 0 spiro atoms. The number of hydrogen-bond acceptors (Lipinski definition) is 3. The van der Waals surface area contributed by atoms with E-state index in [0.29, 0.717) is 18.7 Å². The molecule has 0 aliphatic rings. The molecule has 1 heterocycles. The molecule has 0 aliphatic carbocycles. The Bertz CT molecular complexity index is 1120. The summed E-state index contributed by atoms with van der Waals surface area (Å²) in [4.78, 5) is 15.2. The highest BCUT2D eigenvalue weighted by molar-refractivity contribution is 5.94. The maximum Gasteiger partial charge on any atom is 0.254 e. The van der Waals surface area contributed by atoms with Crippen LogP contribution in [-0.4, -0.2) is 31.8 Å². The monoisotopic (exact) mass is 398 g/mol. The highest BCUT2D eigenvalue weighted by atomic mass is 16.2. The lowest BCUT2D eigenvalue weighted by atomic mass is 10.1. The molecule has 1 atom stereocenters. The van der Waals surface area contributed by atoms with Crippen LogP contribution in [0.4, 0.5) is 0 Å². The Kier molecular flexibility index (Phi) is 5.89. The molecule has 4 aromatic rings. The normalized spacial score (nSPS) is 12.1. The molecule has 0 radical (unpaired) electrons. The quantitative estimate of drug-likeness (QED) is 0.444. The molecular formula is C25H26N4O. The van der Waals surface area contributed by atoms with Crippen LogP contribution in [0.25, 0.3) is 11.0 Å². The number of carbonyl (C=O) groups excluding carboxylic acids is 1. The zero-order chi connectivity index (χ0) is 20.9. The Morgan fingerprint density at radius 2 is 1.63 bits per heavy atom. The second-order valence-corrected chi connectivity index (χ2v) is 7.61. The summed E-state index contributed by atoms with van der Waals surface area (Å²) in [7, 11) is 0. The van der Waals surface area contributed by atoms with Crippen LogP contribution in [0.1, 0.15) is 41.8 Å². The smallest absolute Gasteiger partial charge is 0.254 e. The molecular weight excluding hydrogens is 372 g/mol. The molecule has 1 unspecified atom stereocenters. The van der Waals surface area contributed by atoms with E-state index >= 15 is 0 Å². The van der Waals surface area contributed by atoms with Crippen LogP contribution in [0.2, 0.25) is 0 Å². The molecule has 152 valence electrons. The third-order valence-electron chi connectivity index (χ3n) is 5.53. The van der Waals surface area contributed by atoms with Crippen molar-refractivity contribution in [3.05, 3.63) is 95.6 Å². The Hall–Kier alpha value is -3.47. The Morgan fingerprint density at radius 1 is 0.933 bits per heavy atom. The molecule has 0 aliphatic heterocycles. The van der Waals surface area contributed by atoms with Gasteiger partial charge < -0.3 is 4.90 Å². The minimum Gasteiger partial charge on any atom is -0.332 e. The van der Waals surface area contributed by atoms with Crippen LogP contribution in [0.5, 0.6) is 0 Å². The highest BCUT2D eigenvalue weighted by Crippen LogP contribution is 2.17. The zero-order valence-electron chi connectivity index (χ0n) is 17.4. The number of hydrogen-bond donors (Lipinski definition) is 0. The van der Waals surface area contributed by atoms with Gasteiger partial charge in [0.1, 0.15) is 5.52 Å². The SMILES string of the molecule is CCC(C)N(Cc1ccccc1)C(=O)c1ccc(Cn2nnc3ccccc32)cc1. The average Bonchev–Trinajstić information content (AvgIpc) is 3.20. The largest absolute Gasteiger partial charge is 0.332 e. The van der Waals surface area contributed by atoms with Crippen LogP contribution in [0, 0.1) is 0 Å². The highest BCUT2D eigenvalue weighted by Gasteiger charge is 2.20. The van der Waals surface area contributed by atoms with Crippen LogP contribution >= 0.6 is 0 Å². The van der Waals surface area contributed by atoms with Crippen LogP contribution < -0.4 is 0 Å². The predicted molar refractivity (Wildman–Crippen MR) is 119 cm³/mol. The Labute approximate surface area is 176 Å². The minimum atomic E-state index is 0.0611. The van der Waals surface area contributed by atoms with Gasteiger partial charge in [0.05, 0.1) is 12.1 Å². The second kappa shape index (κ2) is 8.91. The number of rotatable bonds is 7. The fraction of sp³-hybridized carbons (Fsp3) is 0.240. The molecule has 0 saturated carbocycles. The number of aromatic nitrogens is 3. The first kappa shape index (κ1) is 19.8. The van der Waals surface area contributed by atoms with Gasteiger partial charge in [-0.1, -0.05) is 66.7 Å². The molecule has 4 rings (SSSR count). The van der Waals surface area contributed by atoms with Gasteiger partial charge >= 0.3 is 0 Å². The van der Waals surface area contributed by atoms with Crippen molar-refractivity contribution in [3.63, 3.8) is 0 Å². The van der Waals surface area contributed by atoms with Crippen molar-refractivity contribution < 1.29 is 4.79 Å². The molecule has 5 heteroatoms. The van der Waals surface area contributed by atoms with Crippen LogP contribution in [0.3, 0.4) is 0 Å². The van der Waals surface area contributed by atoms with E-state index in [1.54, 1.807) is 0 Å². The standard InChI is InChI=1S/C25H26N4O/c1-3-19(2)28(17-20-9-5-4-6-10-20)25(30)22-15-13-21(14-16-22)18-29-24-12-8-7-11-23(24)26-27-29/h4-16,19H,3,17-18H2,1-2H3. The number of carbonyl (C=O) groups is 1. The Morgan fingerprint density at radius 3 is 2.37 bits per heavy atom. The first-order chi connectivity index (χ1) is 14.7. The van der Waals surface area contributed by atoms with E-state index in [2.05, 4.69) is 36.3 Å². The summed E-state index contributed by atoms with van der Waals surface area (Å²) in [5.74, 6) is 0.0611. The first-order valence-electron chi connectivity index (χ1n) is 10.4.